The van der Waals surface area contributed by atoms with E-state index in [2.05, 4.69) is 14.7 Å². The van der Waals surface area contributed by atoms with E-state index in [4.69, 9.17) is 11.6 Å². The molecule has 17 heavy (non-hydrogen) atoms. The molecular weight excluding hydrogens is 262 g/mol. The van der Waals surface area contributed by atoms with Gasteiger partial charge in [0.2, 0.25) is 15.3 Å². The van der Waals surface area contributed by atoms with E-state index < -0.39 is 10.0 Å². The first-order valence-corrected chi connectivity index (χ1v) is 7.50. The Kier molecular flexibility index (Phi) is 3.83. The van der Waals surface area contributed by atoms with Crippen LogP contribution in [0.4, 0.5) is 5.82 Å². The van der Waals surface area contributed by atoms with Crippen molar-refractivity contribution in [2.45, 2.75) is 37.4 Å². The standard InChI is InChI=1S/C10H14ClN3O2S/c11-10-12-7-6-9(13-10)14-17(15,16)8-4-2-1-3-5-8/h6-8H,1-5H2,(H,12,13,14). The van der Waals surface area contributed by atoms with E-state index in [0.717, 1.165) is 19.3 Å². The van der Waals surface area contributed by atoms with Crippen LogP contribution in [0.3, 0.4) is 0 Å². The van der Waals surface area contributed by atoms with Gasteiger partial charge in [-0.15, -0.1) is 0 Å². The van der Waals surface area contributed by atoms with Crippen LogP contribution in [0.2, 0.25) is 5.28 Å². The predicted molar refractivity (Wildman–Crippen MR) is 66.5 cm³/mol. The first kappa shape index (κ1) is 12.6. The van der Waals surface area contributed by atoms with Gasteiger partial charge in [-0.2, -0.15) is 4.98 Å². The Morgan fingerprint density at radius 2 is 2.00 bits per heavy atom. The van der Waals surface area contributed by atoms with E-state index in [-0.39, 0.29) is 16.4 Å². The second kappa shape index (κ2) is 5.18. The van der Waals surface area contributed by atoms with Crippen molar-refractivity contribution >= 4 is 27.4 Å². The second-order valence-corrected chi connectivity index (χ2v) is 6.42. The third-order valence-corrected chi connectivity index (χ3v) is 4.89. The van der Waals surface area contributed by atoms with Gasteiger partial charge in [-0.25, -0.2) is 13.4 Å². The summed E-state index contributed by atoms with van der Waals surface area (Å²) in [4.78, 5) is 7.52. The van der Waals surface area contributed by atoms with Crippen LogP contribution in [0.5, 0.6) is 0 Å². The van der Waals surface area contributed by atoms with Crippen molar-refractivity contribution in [1.29, 1.82) is 0 Å². The Hall–Kier alpha value is -0.880. The summed E-state index contributed by atoms with van der Waals surface area (Å²) in [7, 11) is -3.35. The Bertz CT molecular complexity index is 486. The van der Waals surface area contributed by atoms with Crippen molar-refractivity contribution in [1.82, 2.24) is 9.97 Å². The fraction of sp³-hybridized carbons (Fsp3) is 0.600. The molecule has 1 fully saturated rings. The van der Waals surface area contributed by atoms with Gasteiger partial charge in [0.15, 0.2) is 0 Å². The maximum absolute atomic E-state index is 12.1. The van der Waals surface area contributed by atoms with E-state index >= 15 is 0 Å². The summed E-state index contributed by atoms with van der Waals surface area (Å²) in [5.41, 5.74) is 0. The van der Waals surface area contributed by atoms with Gasteiger partial charge in [0.1, 0.15) is 5.82 Å². The zero-order chi connectivity index (χ0) is 12.3. The number of halogens is 1. The first-order valence-electron chi connectivity index (χ1n) is 5.58. The van der Waals surface area contributed by atoms with E-state index in [1.54, 1.807) is 0 Å². The van der Waals surface area contributed by atoms with Gasteiger partial charge in [0.25, 0.3) is 0 Å². The summed E-state index contributed by atoms with van der Waals surface area (Å²) in [6.07, 6.45) is 5.91. The molecule has 1 heterocycles. The maximum atomic E-state index is 12.1. The van der Waals surface area contributed by atoms with Crippen molar-refractivity contribution in [3.63, 3.8) is 0 Å². The molecule has 0 unspecified atom stereocenters. The van der Waals surface area contributed by atoms with E-state index in [1.807, 2.05) is 0 Å². The van der Waals surface area contributed by atoms with Gasteiger partial charge in [-0.3, -0.25) is 4.72 Å². The van der Waals surface area contributed by atoms with Crippen LogP contribution >= 0.6 is 11.6 Å². The molecule has 0 saturated heterocycles. The molecular formula is C10H14ClN3O2S. The molecule has 1 aliphatic rings. The van der Waals surface area contributed by atoms with Gasteiger partial charge in [-0.1, -0.05) is 19.3 Å². The lowest BCUT2D eigenvalue weighted by molar-refractivity contribution is 0.486. The van der Waals surface area contributed by atoms with Crippen LogP contribution in [-0.2, 0) is 10.0 Å². The number of nitrogens with zero attached hydrogens (tertiary/aromatic N) is 2. The number of aromatic nitrogens is 2. The smallest absolute Gasteiger partial charge is 0.236 e. The summed E-state index contributed by atoms with van der Waals surface area (Å²) in [5, 5.41) is -0.279. The molecule has 0 bridgehead atoms. The topological polar surface area (TPSA) is 72.0 Å². The molecule has 94 valence electrons. The number of sulfonamides is 1. The Balaban J connectivity index is 2.11. The number of hydrogen-bond donors (Lipinski definition) is 1. The number of anilines is 1. The fourth-order valence-corrected chi connectivity index (χ4v) is 3.67. The summed E-state index contributed by atoms with van der Waals surface area (Å²) < 4.78 is 26.6. The lowest BCUT2D eigenvalue weighted by Crippen LogP contribution is -2.30. The average molecular weight is 276 g/mol. The molecule has 1 N–H and O–H groups in total. The second-order valence-electron chi connectivity index (χ2n) is 4.12. The largest absolute Gasteiger partial charge is 0.267 e. The Labute approximate surface area is 106 Å². The fourth-order valence-electron chi connectivity index (χ4n) is 2.00. The molecule has 1 aromatic rings. The summed E-state index contributed by atoms with van der Waals surface area (Å²) in [6, 6.07) is 1.49. The molecule has 1 saturated carbocycles. The minimum absolute atomic E-state index is 0.0360. The summed E-state index contributed by atoms with van der Waals surface area (Å²) in [5.74, 6) is 0.232. The third kappa shape index (κ3) is 3.29. The third-order valence-electron chi connectivity index (χ3n) is 2.86. The quantitative estimate of drug-likeness (QED) is 0.859. The van der Waals surface area contributed by atoms with Crippen molar-refractivity contribution in [2.75, 3.05) is 4.72 Å². The SMILES string of the molecule is O=S(=O)(Nc1ccnc(Cl)n1)C1CCCCC1. The molecule has 5 nitrogen and oxygen atoms in total. The van der Waals surface area contributed by atoms with Crippen LogP contribution in [0, 0.1) is 0 Å². The molecule has 2 rings (SSSR count). The van der Waals surface area contributed by atoms with E-state index in [9.17, 15) is 8.42 Å². The molecule has 0 amide bonds. The van der Waals surface area contributed by atoms with E-state index in [0.29, 0.717) is 12.8 Å². The highest BCUT2D eigenvalue weighted by molar-refractivity contribution is 7.93. The molecule has 0 atom stereocenters. The average Bonchev–Trinajstić information content (AvgIpc) is 2.29. The number of hydrogen-bond acceptors (Lipinski definition) is 4. The molecule has 0 radical (unpaired) electrons. The van der Waals surface area contributed by atoms with Crippen LogP contribution in [0.15, 0.2) is 12.3 Å². The van der Waals surface area contributed by atoms with Gasteiger partial charge in [0, 0.05) is 6.20 Å². The number of rotatable bonds is 3. The van der Waals surface area contributed by atoms with Crippen molar-refractivity contribution in [3.05, 3.63) is 17.5 Å². The van der Waals surface area contributed by atoms with Gasteiger partial charge >= 0.3 is 0 Å². The lowest BCUT2D eigenvalue weighted by Gasteiger charge is -2.21. The first-order chi connectivity index (χ1) is 8.08. The van der Waals surface area contributed by atoms with Crippen LogP contribution in [0.1, 0.15) is 32.1 Å². The van der Waals surface area contributed by atoms with Crippen LogP contribution in [0.25, 0.3) is 0 Å². The van der Waals surface area contributed by atoms with Gasteiger partial charge in [0.05, 0.1) is 5.25 Å². The zero-order valence-corrected chi connectivity index (χ0v) is 10.8. The van der Waals surface area contributed by atoms with Crippen LogP contribution < -0.4 is 4.72 Å². The van der Waals surface area contributed by atoms with Gasteiger partial charge in [-0.05, 0) is 30.5 Å². The molecule has 7 heteroatoms. The summed E-state index contributed by atoms with van der Waals surface area (Å²) >= 11 is 5.60. The zero-order valence-electron chi connectivity index (χ0n) is 9.26. The molecule has 1 aliphatic carbocycles. The highest BCUT2D eigenvalue weighted by Gasteiger charge is 2.27. The highest BCUT2D eigenvalue weighted by Crippen LogP contribution is 2.24. The predicted octanol–water partition coefficient (Wildman–Crippen LogP) is 2.20. The maximum Gasteiger partial charge on any atom is 0.236 e. The minimum Gasteiger partial charge on any atom is -0.267 e. The summed E-state index contributed by atoms with van der Waals surface area (Å²) in [6.45, 7) is 0. The normalized spacial score (nSPS) is 17.9. The molecule has 0 spiro atoms. The van der Waals surface area contributed by atoms with Crippen LogP contribution in [-0.4, -0.2) is 23.6 Å². The highest BCUT2D eigenvalue weighted by atomic mass is 35.5. The molecule has 0 aromatic carbocycles. The van der Waals surface area contributed by atoms with E-state index in [1.165, 1.54) is 12.3 Å². The Morgan fingerprint density at radius 1 is 1.29 bits per heavy atom. The lowest BCUT2D eigenvalue weighted by atomic mass is 10.0. The van der Waals surface area contributed by atoms with Crippen molar-refractivity contribution in [3.8, 4) is 0 Å². The minimum atomic E-state index is -3.35. The van der Waals surface area contributed by atoms with Crippen molar-refractivity contribution in [2.24, 2.45) is 0 Å². The van der Waals surface area contributed by atoms with Crippen molar-refractivity contribution < 1.29 is 8.42 Å². The Morgan fingerprint density at radius 3 is 2.65 bits per heavy atom. The molecule has 1 aromatic heterocycles. The van der Waals surface area contributed by atoms with Gasteiger partial charge < -0.3 is 0 Å². The molecule has 0 aliphatic heterocycles. The monoisotopic (exact) mass is 275 g/mol. The number of nitrogens with one attached hydrogen (secondary N) is 1.